The van der Waals surface area contributed by atoms with Gasteiger partial charge in [-0.2, -0.15) is 0 Å². The van der Waals surface area contributed by atoms with E-state index in [1.165, 1.54) is 6.34 Å². The summed E-state index contributed by atoms with van der Waals surface area (Å²) in [4.78, 5) is 28.5. The van der Waals surface area contributed by atoms with Gasteiger partial charge in [-0.1, -0.05) is 12.1 Å². The molecule has 1 unspecified atom stereocenters. The molecule has 1 atom stereocenters. The van der Waals surface area contributed by atoms with Crippen molar-refractivity contribution in [2.45, 2.75) is 19.0 Å². The highest BCUT2D eigenvalue weighted by Gasteiger charge is 2.20. The number of hydrogen-bond acceptors (Lipinski definition) is 5. The Labute approximate surface area is 156 Å². The molecular formula is C20H19N5O2. The third kappa shape index (κ3) is 3.72. The molecule has 0 saturated carbocycles. The number of methoxy groups -OCH3 is 1. The largest absolute Gasteiger partial charge is 0.497 e. The first-order chi connectivity index (χ1) is 13.2. The zero-order valence-corrected chi connectivity index (χ0v) is 14.8. The van der Waals surface area contributed by atoms with E-state index in [0.29, 0.717) is 6.42 Å². The number of nitrogens with zero attached hydrogens (tertiary/aromatic N) is 3. The van der Waals surface area contributed by atoms with Gasteiger partial charge in [0.1, 0.15) is 23.9 Å². The number of carbonyl (C=O) groups is 1. The monoisotopic (exact) mass is 361 g/mol. The first kappa shape index (κ1) is 17.0. The lowest BCUT2D eigenvalue weighted by Crippen LogP contribution is -2.37. The summed E-state index contributed by atoms with van der Waals surface area (Å²) in [6, 6.07) is 11.4. The van der Waals surface area contributed by atoms with Gasteiger partial charge < -0.3 is 15.0 Å². The molecule has 3 heterocycles. The Bertz CT molecular complexity index is 1040. The first-order valence-corrected chi connectivity index (χ1v) is 8.66. The van der Waals surface area contributed by atoms with Gasteiger partial charge in [0, 0.05) is 29.8 Å². The third-order valence-corrected chi connectivity index (χ3v) is 4.44. The lowest BCUT2D eigenvalue weighted by Gasteiger charge is -2.18. The zero-order chi connectivity index (χ0) is 18.6. The molecule has 1 amide bonds. The molecule has 0 radical (unpaired) electrons. The molecule has 1 aliphatic heterocycles. The van der Waals surface area contributed by atoms with E-state index in [0.717, 1.165) is 33.6 Å². The topological polar surface area (TPSA) is 91.7 Å². The van der Waals surface area contributed by atoms with Gasteiger partial charge >= 0.3 is 0 Å². The number of aromatic nitrogens is 2. The van der Waals surface area contributed by atoms with Gasteiger partial charge in [-0.15, -0.1) is 0 Å². The summed E-state index contributed by atoms with van der Waals surface area (Å²) in [7, 11) is 1.61. The van der Waals surface area contributed by atoms with Crippen molar-refractivity contribution in [2.24, 2.45) is 9.98 Å². The second-order valence-electron chi connectivity index (χ2n) is 6.26. The van der Waals surface area contributed by atoms with E-state index in [2.05, 4.69) is 25.3 Å². The molecule has 7 nitrogen and oxygen atoms in total. The second kappa shape index (κ2) is 7.41. The summed E-state index contributed by atoms with van der Waals surface area (Å²) < 4.78 is 5.20. The normalized spacial score (nSPS) is 16.2. The Morgan fingerprint density at radius 1 is 1.33 bits per heavy atom. The lowest BCUT2D eigenvalue weighted by atomic mass is 10.0. The Kier molecular flexibility index (Phi) is 4.65. The van der Waals surface area contributed by atoms with Gasteiger partial charge in [0.2, 0.25) is 5.91 Å². The fourth-order valence-electron chi connectivity index (χ4n) is 3.14. The number of nitrogens with one attached hydrogen (secondary N) is 2. The van der Waals surface area contributed by atoms with Crippen molar-refractivity contribution in [3.8, 4) is 5.75 Å². The number of carbonyl (C=O) groups excluding carboxylic acids is 1. The van der Waals surface area contributed by atoms with Crippen LogP contribution in [-0.2, 0) is 11.2 Å². The highest BCUT2D eigenvalue weighted by atomic mass is 16.5. The Morgan fingerprint density at radius 2 is 2.26 bits per heavy atom. The number of fused-ring (bicyclic) bond motifs is 1. The maximum Gasteiger partial charge on any atom is 0.226 e. The molecule has 3 aromatic rings. The molecule has 27 heavy (non-hydrogen) atoms. The van der Waals surface area contributed by atoms with E-state index in [1.807, 2.05) is 42.6 Å². The predicted octanol–water partition coefficient (Wildman–Crippen LogP) is 2.48. The first-order valence-electron chi connectivity index (χ1n) is 8.66. The second-order valence-corrected chi connectivity index (χ2v) is 6.26. The minimum Gasteiger partial charge on any atom is -0.497 e. The van der Waals surface area contributed by atoms with Gasteiger partial charge in [0.25, 0.3) is 0 Å². The zero-order valence-electron chi connectivity index (χ0n) is 14.8. The van der Waals surface area contributed by atoms with Crippen molar-refractivity contribution in [1.29, 1.82) is 0 Å². The van der Waals surface area contributed by atoms with Crippen LogP contribution in [-0.4, -0.2) is 41.2 Å². The van der Waals surface area contributed by atoms with Gasteiger partial charge in [0.05, 0.1) is 19.2 Å². The van der Waals surface area contributed by atoms with E-state index < -0.39 is 0 Å². The van der Waals surface area contributed by atoms with Crippen molar-refractivity contribution in [1.82, 2.24) is 15.3 Å². The molecule has 2 aromatic heterocycles. The van der Waals surface area contributed by atoms with Gasteiger partial charge in [-0.25, -0.2) is 15.0 Å². The van der Waals surface area contributed by atoms with Crippen LogP contribution in [0.1, 0.15) is 17.5 Å². The van der Waals surface area contributed by atoms with Crippen LogP contribution in [0.5, 0.6) is 5.75 Å². The average molecular weight is 361 g/mol. The molecule has 0 aliphatic carbocycles. The highest BCUT2D eigenvalue weighted by Crippen LogP contribution is 2.20. The molecule has 0 spiro atoms. The summed E-state index contributed by atoms with van der Waals surface area (Å²) in [6.45, 7) is 0. The number of H-pyrrole nitrogens is 1. The minimum atomic E-state index is -0.336. The summed E-state index contributed by atoms with van der Waals surface area (Å²) in [5, 5.41) is 3.97. The molecular weight excluding hydrogens is 342 g/mol. The van der Waals surface area contributed by atoms with Crippen LogP contribution in [0.4, 0.5) is 0 Å². The van der Waals surface area contributed by atoms with Crippen LogP contribution in [0.25, 0.3) is 11.0 Å². The van der Waals surface area contributed by atoms with Crippen LogP contribution in [0.2, 0.25) is 0 Å². The molecule has 1 aromatic carbocycles. The van der Waals surface area contributed by atoms with Crippen LogP contribution in [0.3, 0.4) is 0 Å². The predicted molar refractivity (Wildman–Crippen MR) is 104 cm³/mol. The van der Waals surface area contributed by atoms with E-state index >= 15 is 0 Å². The number of rotatable bonds is 5. The molecule has 1 aliphatic rings. The van der Waals surface area contributed by atoms with Crippen molar-refractivity contribution in [2.75, 3.05) is 7.11 Å². The van der Waals surface area contributed by atoms with E-state index in [-0.39, 0.29) is 18.5 Å². The summed E-state index contributed by atoms with van der Waals surface area (Å²) in [6.07, 6.45) is 5.61. The lowest BCUT2D eigenvalue weighted by molar-refractivity contribution is -0.121. The molecule has 0 saturated heterocycles. The fourth-order valence-corrected chi connectivity index (χ4v) is 3.14. The SMILES string of the molecule is COc1cccc(CC(=O)NC2CC(c3c[nH]c4ncccc34)=NC=N2)c1. The van der Waals surface area contributed by atoms with Crippen LogP contribution in [0.15, 0.2) is 58.8 Å². The van der Waals surface area contributed by atoms with Crippen LogP contribution >= 0.6 is 0 Å². The Morgan fingerprint density at radius 3 is 3.15 bits per heavy atom. The van der Waals surface area contributed by atoms with Gasteiger partial charge in [0.15, 0.2) is 0 Å². The van der Waals surface area contributed by atoms with Crippen LogP contribution < -0.4 is 10.1 Å². The molecule has 4 rings (SSSR count). The van der Waals surface area contributed by atoms with Gasteiger partial charge in [-0.3, -0.25) is 4.79 Å². The maximum atomic E-state index is 12.4. The van der Waals surface area contributed by atoms with E-state index in [1.54, 1.807) is 13.3 Å². The highest BCUT2D eigenvalue weighted by molar-refractivity contribution is 6.13. The molecule has 7 heteroatoms. The van der Waals surface area contributed by atoms with Crippen LogP contribution in [0, 0.1) is 0 Å². The number of amides is 1. The van der Waals surface area contributed by atoms with Crippen molar-refractivity contribution in [3.63, 3.8) is 0 Å². The smallest absolute Gasteiger partial charge is 0.226 e. The Balaban J connectivity index is 1.43. The quantitative estimate of drug-likeness (QED) is 0.731. The van der Waals surface area contributed by atoms with E-state index in [9.17, 15) is 4.79 Å². The molecule has 0 bridgehead atoms. The third-order valence-electron chi connectivity index (χ3n) is 4.44. The Hall–Kier alpha value is -3.48. The molecule has 2 N–H and O–H groups in total. The standard InChI is InChI=1S/C20H19N5O2/c1-27-14-5-2-4-13(8-14)9-19(26)25-18-10-17(23-12-24-18)16-11-22-20-15(16)6-3-7-21-20/h2-8,11-12,18H,9-10H2,1H3,(H,21,22)(H,25,26). The molecule has 136 valence electrons. The summed E-state index contributed by atoms with van der Waals surface area (Å²) in [5.74, 6) is 0.644. The summed E-state index contributed by atoms with van der Waals surface area (Å²) >= 11 is 0. The number of ether oxygens (including phenoxy) is 1. The number of hydrogen-bond donors (Lipinski definition) is 2. The van der Waals surface area contributed by atoms with Gasteiger partial charge in [-0.05, 0) is 29.8 Å². The minimum absolute atomic E-state index is 0.0905. The number of benzene rings is 1. The van der Waals surface area contributed by atoms with Crippen molar-refractivity contribution >= 4 is 29.0 Å². The maximum absolute atomic E-state index is 12.4. The number of aliphatic imine (C=N–C) groups is 2. The van der Waals surface area contributed by atoms with Crippen molar-refractivity contribution in [3.05, 3.63) is 59.9 Å². The fraction of sp³-hybridized carbons (Fsp3) is 0.200. The average Bonchev–Trinajstić information content (AvgIpc) is 3.12. The molecule has 0 fully saturated rings. The number of pyridine rings is 1. The number of aromatic amines is 1. The van der Waals surface area contributed by atoms with Crippen molar-refractivity contribution < 1.29 is 9.53 Å². The summed E-state index contributed by atoms with van der Waals surface area (Å²) in [5.41, 5.74) is 3.56. The van der Waals surface area contributed by atoms with E-state index in [4.69, 9.17) is 4.74 Å².